The Hall–Kier alpha value is -3.88. The summed E-state index contributed by atoms with van der Waals surface area (Å²) in [7, 11) is -3.73. The van der Waals surface area contributed by atoms with E-state index in [4.69, 9.17) is 11.6 Å². The Kier molecular flexibility index (Phi) is 9.37. The molecule has 9 heteroatoms. The minimum Gasteiger partial charge on any atom is -0.354 e. The maximum absolute atomic E-state index is 14.0. The third-order valence-electron chi connectivity index (χ3n) is 7.69. The molecule has 5 rings (SSSR count). The highest BCUT2D eigenvalue weighted by Gasteiger charge is 2.36. The van der Waals surface area contributed by atoms with Crippen LogP contribution < -0.4 is 9.62 Å². The van der Waals surface area contributed by atoms with Crippen molar-refractivity contribution >= 4 is 49.9 Å². The molecule has 43 heavy (non-hydrogen) atoms. The molecule has 1 aliphatic heterocycles. The second kappa shape index (κ2) is 13.2. The molecule has 7 nitrogen and oxygen atoms in total. The zero-order chi connectivity index (χ0) is 30.6. The van der Waals surface area contributed by atoms with Gasteiger partial charge in [0.25, 0.3) is 10.0 Å². The SMILES string of the molecule is CC(C)CNC(=O)[C@H](Cc1ccccc1)N(Cc1ccccc1Cl)C(=O)CCCN1c2cccc3cccc(c23)S1(=O)=O. The second-order valence-electron chi connectivity index (χ2n) is 11.3. The summed E-state index contributed by atoms with van der Waals surface area (Å²) in [5.74, 6) is -0.236. The van der Waals surface area contributed by atoms with Gasteiger partial charge in [-0.3, -0.25) is 13.9 Å². The number of carbonyl (C=O) groups excluding carboxylic acids is 2. The number of nitrogens with one attached hydrogen (secondary N) is 1. The van der Waals surface area contributed by atoms with Gasteiger partial charge in [-0.25, -0.2) is 8.42 Å². The van der Waals surface area contributed by atoms with Gasteiger partial charge < -0.3 is 10.2 Å². The largest absolute Gasteiger partial charge is 0.354 e. The van der Waals surface area contributed by atoms with Gasteiger partial charge in [-0.15, -0.1) is 0 Å². The highest BCUT2D eigenvalue weighted by Crippen LogP contribution is 2.42. The Labute approximate surface area is 258 Å². The van der Waals surface area contributed by atoms with Crippen LogP contribution in [0.1, 0.15) is 37.8 Å². The van der Waals surface area contributed by atoms with Gasteiger partial charge in [-0.2, -0.15) is 0 Å². The number of hydrogen-bond donors (Lipinski definition) is 1. The van der Waals surface area contributed by atoms with E-state index in [0.717, 1.165) is 16.5 Å². The molecule has 0 saturated heterocycles. The van der Waals surface area contributed by atoms with Crippen LogP contribution in [-0.4, -0.2) is 44.3 Å². The average molecular weight is 618 g/mol. The van der Waals surface area contributed by atoms with Crippen molar-refractivity contribution in [2.75, 3.05) is 17.4 Å². The highest BCUT2D eigenvalue weighted by molar-refractivity contribution is 7.93. The molecule has 1 heterocycles. The van der Waals surface area contributed by atoms with Crippen LogP contribution in [0.5, 0.6) is 0 Å². The molecule has 4 aromatic carbocycles. The number of halogens is 1. The van der Waals surface area contributed by atoms with E-state index in [1.54, 1.807) is 29.2 Å². The lowest BCUT2D eigenvalue weighted by Crippen LogP contribution is -2.51. The summed E-state index contributed by atoms with van der Waals surface area (Å²) >= 11 is 6.51. The van der Waals surface area contributed by atoms with E-state index in [1.165, 1.54) is 4.31 Å². The number of anilines is 1. The predicted octanol–water partition coefficient (Wildman–Crippen LogP) is 6.19. The molecule has 224 valence electrons. The topological polar surface area (TPSA) is 86.8 Å². The maximum Gasteiger partial charge on any atom is 0.265 e. The van der Waals surface area contributed by atoms with Crippen molar-refractivity contribution in [1.82, 2.24) is 10.2 Å². The summed E-state index contributed by atoms with van der Waals surface area (Å²) in [6, 6.07) is 26.9. The molecule has 0 fully saturated rings. The van der Waals surface area contributed by atoms with E-state index < -0.39 is 16.1 Å². The Balaban J connectivity index is 1.40. The van der Waals surface area contributed by atoms with E-state index in [1.807, 2.05) is 80.6 Å². The van der Waals surface area contributed by atoms with Crippen molar-refractivity contribution in [3.8, 4) is 0 Å². The fourth-order valence-corrected chi connectivity index (χ4v) is 7.45. The second-order valence-corrected chi connectivity index (χ2v) is 13.5. The third kappa shape index (κ3) is 6.71. The summed E-state index contributed by atoms with van der Waals surface area (Å²) in [6.07, 6.45) is 0.678. The van der Waals surface area contributed by atoms with Gasteiger partial charge >= 0.3 is 0 Å². The van der Waals surface area contributed by atoms with Crippen LogP contribution in [0.3, 0.4) is 0 Å². The normalized spacial score (nSPS) is 14.2. The minimum absolute atomic E-state index is 0.0611. The molecule has 2 amide bonds. The molecule has 1 N–H and O–H groups in total. The highest BCUT2D eigenvalue weighted by atomic mass is 35.5. The van der Waals surface area contributed by atoms with Crippen LogP contribution in [0.2, 0.25) is 5.02 Å². The van der Waals surface area contributed by atoms with Crippen molar-refractivity contribution in [1.29, 1.82) is 0 Å². The summed E-state index contributed by atoms with van der Waals surface area (Å²) < 4.78 is 28.3. The molecule has 0 aromatic heterocycles. The minimum atomic E-state index is -3.73. The molecule has 4 aromatic rings. The van der Waals surface area contributed by atoms with Crippen molar-refractivity contribution in [2.24, 2.45) is 5.92 Å². The first kappa shape index (κ1) is 30.6. The molecular weight excluding hydrogens is 582 g/mol. The molecule has 0 radical (unpaired) electrons. The van der Waals surface area contributed by atoms with Crippen LogP contribution in [0.15, 0.2) is 95.9 Å². The number of nitrogens with zero attached hydrogens (tertiary/aromatic N) is 2. The predicted molar refractivity (Wildman–Crippen MR) is 171 cm³/mol. The van der Waals surface area contributed by atoms with E-state index >= 15 is 0 Å². The standard InChI is InChI=1S/C34H36ClN3O4S/c1-24(2)22-36-34(40)30(21-25-11-4-3-5-12-25)37(23-27-13-6-7-16-28(27)35)32(39)19-10-20-38-29-17-8-14-26-15-9-18-31(33(26)29)43(38,41)42/h3-9,11-18,24,30H,10,19-23H2,1-2H3,(H,36,40)/t30-/m0/s1. The van der Waals surface area contributed by atoms with Gasteiger partial charge in [0.05, 0.1) is 10.6 Å². The fourth-order valence-electron chi connectivity index (χ4n) is 5.50. The zero-order valence-electron chi connectivity index (χ0n) is 24.4. The van der Waals surface area contributed by atoms with E-state index in [9.17, 15) is 18.0 Å². The van der Waals surface area contributed by atoms with Gasteiger partial charge in [0.1, 0.15) is 6.04 Å². The molecule has 0 unspecified atom stereocenters. The molecule has 1 aliphatic rings. The van der Waals surface area contributed by atoms with Gasteiger partial charge in [-0.1, -0.05) is 98.2 Å². The fraction of sp³-hybridized carbons (Fsp3) is 0.294. The maximum atomic E-state index is 14.0. The number of sulfonamides is 1. The number of hydrogen-bond acceptors (Lipinski definition) is 4. The zero-order valence-corrected chi connectivity index (χ0v) is 25.9. The lowest BCUT2D eigenvalue weighted by molar-refractivity contribution is -0.141. The molecule has 0 spiro atoms. The smallest absolute Gasteiger partial charge is 0.265 e. The quantitative estimate of drug-likeness (QED) is 0.205. The van der Waals surface area contributed by atoms with Gasteiger partial charge in [0.2, 0.25) is 11.8 Å². The van der Waals surface area contributed by atoms with Crippen LogP contribution in [0, 0.1) is 5.92 Å². The first-order valence-electron chi connectivity index (χ1n) is 14.6. The van der Waals surface area contributed by atoms with Crippen molar-refractivity contribution in [3.63, 3.8) is 0 Å². The number of rotatable bonds is 12. The van der Waals surface area contributed by atoms with Crippen LogP contribution in [0.4, 0.5) is 5.69 Å². The van der Waals surface area contributed by atoms with Gasteiger partial charge in [-0.05, 0) is 47.1 Å². The Morgan fingerprint density at radius 3 is 2.33 bits per heavy atom. The molecule has 0 saturated carbocycles. The number of amides is 2. The van der Waals surface area contributed by atoms with Crippen LogP contribution in [-0.2, 0) is 32.6 Å². The van der Waals surface area contributed by atoms with Crippen molar-refractivity contribution in [2.45, 2.75) is 50.6 Å². The first-order chi connectivity index (χ1) is 20.7. The van der Waals surface area contributed by atoms with E-state index in [-0.39, 0.29) is 48.6 Å². The molecule has 0 aliphatic carbocycles. The lowest BCUT2D eigenvalue weighted by Gasteiger charge is -2.32. The Bertz CT molecular complexity index is 1720. The molecular formula is C34H36ClN3O4S. The third-order valence-corrected chi connectivity index (χ3v) is 9.91. The van der Waals surface area contributed by atoms with Crippen molar-refractivity contribution in [3.05, 3.63) is 107 Å². The van der Waals surface area contributed by atoms with E-state index in [0.29, 0.717) is 29.1 Å². The number of carbonyl (C=O) groups is 2. The summed E-state index contributed by atoms with van der Waals surface area (Å²) in [5.41, 5.74) is 2.29. The first-order valence-corrected chi connectivity index (χ1v) is 16.4. The molecule has 0 bridgehead atoms. The average Bonchev–Trinajstić information content (AvgIpc) is 3.22. The van der Waals surface area contributed by atoms with Crippen LogP contribution in [0.25, 0.3) is 10.8 Å². The lowest BCUT2D eigenvalue weighted by atomic mass is 10.0. The van der Waals surface area contributed by atoms with Gasteiger partial charge in [0, 0.05) is 42.9 Å². The van der Waals surface area contributed by atoms with Crippen molar-refractivity contribution < 1.29 is 18.0 Å². The summed E-state index contributed by atoms with van der Waals surface area (Å²) in [6.45, 7) is 4.81. The number of benzene rings is 4. The van der Waals surface area contributed by atoms with Gasteiger partial charge in [0.15, 0.2) is 0 Å². The molecule has 1 atom stereocenters. The van der Waals surface area contributed by atoms with Crippen LogP contribution >= 0.6 is 11.6 Å². The monoisotopic (exact) mass is 617 g/mol. The Morgan fingerprint density at radius 1 is 0.907 bits per heavy atom. The Morgan fingerprint density at radius 2 is 1.60 bits per heavy atom. The summed E-state index contributed by atoms with van der Waals surface area (Å²) in [4.78, 5) is 29.5. The summed E-state index contributed by atoms with van der Waals surface area (Å²) in [5, 5.41) is 5.10. The van der Waals surface area contributed by atoms with E-state index in [2.05, 4.69) is 5.32 Å².